The predicted octanol–water partition coefficient (Wildman–Crippen LogP) is 3.42. The van der Waals surface area contributed by atoms with E-state index in [1.807, 2.05) is 34.6 Å². The van der Waals surface area contributed by atoms with Crippen molar-refractivity contribution in [3.63, 3.8) is 0 Å². The van der Waals surface area contributed by atoms with E-state index in [-0.39, 0.29) is 42.2 Å². The Hall–Kier alpha value is -1.80. The molecule has 3 aliphatic rings. The second-order valence-electron chi connectivity index (χ2n) is 11.4. The number of aliphatic hydroxyl groups excluding tert-OH is 1. The highest BCUT2D eigenvalue weighted by atomic mass is 32.2. The highest BCUT2D eigenvalue weighted by Crippen LogP contribution is 2.67. The van der Waals surface area contributed by atoms with Gasteiger partial charge >= 0.3 is 5.97 Å². The molecule has 0 aromatic rings. The summed E-state index contributed by atoms with van der Waals surface area (Å²) in [6.45, 7) is 17.9. The summed E-state index contributed by atoms with van der Waals surface area (Å²) in [7, 11) is 0. The van der Waals surface area contributed by atoms with Gasteiger partial charge in [0.1, 0.15) is 6.04 Å². The van der Waals surface area contributed by atoms with E-state index in [1.165, 1.54) is 0 Å². The molecule has 0 aliphatic carbocycles. The van der Waals surface area contributed by atoms with E-state index < -0.39 is 34.2 Å². The summed E-state index contributed by atoms with van der Waals surface area (Å²) in [5.41, 5.74) is -0.480. The first-order valence-electron chi connectivity index (χ1n) is 12.7. The van der Waals surface area contributed by atoms with Gasteiger partial charge in [0.2, 0.25) is 11.8 Å². The normalized spacial score (nSPS) is 30.4. The summed E-state index contributed by atoms with van der Waals surface area (Å²) in [6.07, 6.45) is 5.98. The van der Waals surface area contributed by atoms with Crippen LogP contribution in [0, 0.1) is 17.8 Å². The Morgan fingerprint density at radius 2 is 2.00 bits per heavy atom. The first-order chi connectivity index (χ1) is 16.4. The van der Waals surface area contributed by atoms with Gasteiger partial charge < -0.3 is 19.6 Å². The molecule has 0 radical (unpaired) electrons. The minimum Gasteiger partial charge on any atom is -0.465 e. The van der Waals surface area contributed by atoms with Crippen molar-refractivity contribution in [1.29, 1.82) is 0 Å². The van der Waals surface area contributed by atoms with E-state index in [0.717, 1.165) is 6.42 Å². The summed E-state index contributed by atoms with van der Waals surface area (Å²) in [5.74, 6) is -1.67. The number of ether oxygens (including phenoxy) is 1. The Labute approximate surface area is 214 Å². The van der Waals surface area contributed by atoms with E-state index in [2.05, 4.69) is 13.2 Å². The van der Waals surface area contributed by atoms with Gasteiger partial charge in [-0.2, -0.15) is 0 Å². The average Bonchev–Trinajstić information content (AvgIpc) is 3.42. The molecule has 3 fully saturated rings. The van der Waals surface area contributed by atoms with Crippen LogP contribution in [-0.4, -0.2) is 80.1 Å². The molecular weight excluding hydrogens is 464 g/mol. The van der Waals surface area contributed by atoms with Crippen LogP contribution >= 0.6 is 11.8 Å². The number of thioether (sulfide) groups is 1. The molecule has 8 heteroatoms. The summed E-state index contributed by atoms with van der Waals surface area (Å²) in [5, 5.41) is 10.3. The molecule has 1 spiro atoms. The number of esters is 1. The number of rotatable bonds is 11. The SMILES string of the molecule is C=CCCOC(=O)[C@@H]1[C@@H]2CCC3(S2)C(C(=O)N(CC=C)C(C)(C)C)N([C@@H](CO)CC(C)C)C(=O)[C@H]13. The zero-order chi connectivity index (χ0) is 26.1. The maximum absolute atomic E-state index is 14.3. The summed E-state index contributed by atoms with van der Waals surface area (Å²) < 4.78 is 4.84. The number of aliphatic hydroxyl groups is 1. The van der Waals surface area contributed by atoms with Crippen LogP contribution < -0.4 is 0 Å². The first kappa shape index (κ1) is 27.8. The van der Waals surface area contributed by atoms with Gasteiger partial charge in [-0.05, 0) is 52.4 Å². The Balaban J connectivity index is 2.08. The maximum Gasteiger partial charge on any atom is 0.310 e. The molecule has 3 aliphatic heterocycles. The van der Waals surface area contributed by atoms with Crippen LogP contribution in [0.5, 0.6) is 0 Å². The van der Waals surface area contributed by atoms with Crippen molar-refractivity contribution in [2.75, 3.05) is 19.8 Å². The average molecular weight is 507 g/mol. The van der Waals surface area contributed by atoms with Gasteiger partial charge in [-0.25, -0.2) is 0 Å². The van der Waals surface area contributed by atoms with Crippen molar-refractivity contribution in [2.45, 2.75) is 87.9 Å². The van der Waals surface area contributed by atoms with Crippen LogP contribution in [0.15, 0.2) is 25.3 Å². The van der Waals surface area contributed by atoms with E-state index >= 15 is 0 Å². The molecule has 2 unspecified atom stereocenters. The fourth-order valence-corrected chi connectivity index (χ4v) is 8.35. The standard InChI is InChI=1S/C27H42N2O5S/c1-8-10-14-34-25(33)20-19-11-12-27(35-19)21(20)23(31)29(18(16-30)15-17(3)4)22(27)24(32)28(13-9-2)26(5,6)7/h8-9,17-22,30H,1-2,10-16H2,3-7H3/t18-,19+,20-,21+,22?,27?/m1/s1. The van der Waals surface area contributed by atoms with Crippen molar-refractivity contribution >= 4 is 29.5 Å². The van der Waals surface area contributed by atoms with E-state index in [0.29, 0.717) is 25.8 Å². The maximum atomic E-state index is 14.3. The smallest absolute Gasteiger partial charge is 0.310 e. The van der Waals surface area contributed by atoms with Crippen LogP contribution in [0.1, 0.15) is 60.3 Å². The third-order valence-corrected chi connectivity index (χ3v) is 9.50. The zero-order valence-corrected chi connectivity index (χ0v) is 22.7. The van der Waals surface area contributed by atoms with E-state index in [4.69, 9.17) is 4.74 Å². The molecule has 0 saturated carbocycles. The molecule has 2 bridgehead atoms. The van der Waals surface area contributed by atoms with E-state index in [1.54, 1.807) is 33.7 Å². The number of amides is 2. The number of nitrogens with zero attached hydrogens (tertiary/aromatic N) is 2. The number of likely N-dealkylation sites (tertiary alicyclic amines) is 1. The fourth-order valence-electron chi connectivity index (χ4n) is 6.16. The number of hydrogen-bond donors (Lipinski definition) is 1. The van der Waals surface area contributed by atoms with Crippen molar-refractivity contribution in [1.82, 2.24) is 9.80 Å². The summed E-state index contributed by atoms with van der Waals surface area (Å²) in [4.78, 5) is 45.1. The monoisotopic (exact) mass is 506 g/mol. The molecule has 35 heavy (non-hydrogen) atoms. The van der Waals surface area contributed by atoms with Crippen LogP contribution in [0.2, 0.25) is 0 Å². The number of carbonyl (C=O) groups is 3. The number of carbonyl (C=O) groups excluding carboxylic acids is 3. The Bertz CT molecular complexity index is 853. The van der Waals surface area contributed by atoms with Crippen LogP contribution in [0.3, 0.4) is 0 Å². The summed E-state index contributed by atoms with van der Waals surface area (Å²) >= 11 is 1.62. The lowest BCUT2D eigenvalue weighted by atomic mass is 9.71. The van der Waals surface area contributed by atoms with Gasteiger partial charge in [0.25, 0.3) is 0 Å². The van der Waals surface area contributed by atoms with Crippen molar-refractivity contribution in [3.8, 4) is 0 Å². The molecular formula is C27H42N2O5S. The fraction of sp³-hybridized carbons (Fsp3) is 0.741. The predicted molar refractivity (Wildman–Crippen MR) is 139 cm³/mol. The molecule has 0 aromatic carbocycles. The van der Waals surface area contributed by atoms with Gasteiger partial charge in [0.05, 0.1) is 35.8 Å². The molecule has 3 heterocycles. The first-order valence-corrected chi connectivity index (χ1v) is 13.6. The highest BCUT2D eigenvalue weighted by Gasteiger charge is 2.75. The third-order valence-electron chi connectivity index (χ3n) is 7.55. The topological polar surface area (TPSA) is 87.2 Å². The molecule has 0 aromatic heterocycles. The molecule has 2 amide bonds. The minimum atomic E-state index is -0.740. The van der Waals surface area contributed by atoms with Crippen LogP contribution in [0.25, 0.3) is 0 Å². The molecule has 3 saturated heterocycles. The molecule has 196 valence electrons. The van der Waals surface area contributed by atoms with Crippen molar-refractivity contribution in [2.24, 2.45) is 17.8 Å². The number of fused-ring (bicyclic) bond motifs is 1. The Kier molecular flexibility index (Phi) is 8.47. The lowest BCUT2D eigenvalue weighted by Gasteiger charge is -2.43. The molecule has 3 rings (SSSR count). The highest BCUT2D eigenvalue weighted by molar-refractivity contribution is 8.02. The van der Waals surface area contributed by atoms with Crippen LogP contribution in [0.4, 0.5) is 0 Å². The van der Waals surface area contributed by atoms with Gasteiger partial charge in [-0.3, -0.25) is 14.4 Å². The molecule has 6 atom stereocenters. The van der Waals surface area contributed by atoms with Gasteiger partial charge in [0, 0.05) is 17.3 Å². The second kappa shape index (κ2) is 10.7. The van der Waals surface area contributed by atoms with E-state index in [9.17, 15) is 19.5 Å². The minimum absolute atomic E-state index is 0.0437. The van der Waals surface area contributed by atoms with Crippen molar-refractivity contribution < 1.29 is 24.2 Å². The van der Waals surface area contributed by atoms with Gasteiger partial charge in [-0.15, -0.1) is 24.9 Å². The van der Waals surface area contributed by atoms with Gasteiger partial charge in [0.15, 0.2) is 0 Å². The summed E-state index contributed by atoms with van der Waals surface area (Å²) in [6, 6.07) is -1.23. The van der Waals surface area contributed by atoms with Crippen LogP contribution in [-0.2, 0) is 19.1 Å². The lowest BCUT2D eigenvalue weighted by molar-refractivity contribution is -0.154. The quantitative estimate of drug-likeness (QED) is 0.263. The zero-order valence-electron chi connectivity index (χ0n) is 21.9. The second-order valence-corrected chi connectivity index (χ2v) is 13.0. The number of hydrogen-bond acceptors (Lipinski definition) is 6. The lowest BCUT2D eigenvalue weighted by Crippen LogP contribution is -2.60. The Morgan fingerprint density at radius 1 is 1.31 bits per heavy atom. The third kappa shape index (κ3) is 4.93. The van der Waals surface area contributed by atoms with Gasteiger partial charge in [-0.1, -0.05) is 26.0 Å². The van der Waals surface area contributed by atoms with Crippen molar-refractivity contribution in [3.05, 3.63) is 25.3 Å². The Morgan fingerprint density at radius 3 is 2.54 bits per heavy atom. The molecule has 7 nitrogen and oxygen atoms in total. The largest absolute Gasteiger partial charge is 0.465 e. The molecule has 1 N–H and O–H groups in total.